The van der Waals surface area contributed by atoms with Gasteiger partial charge in [-0.25, -0.2) is 9.37 Å². The van der Waals surface area contributed by atoms with Gasteiger partial charge in [0.2, 0.25) is 11.8 Å². The fraction of sp³-hybridized carbons (Fsp3) is 0.0769. The topological polar surface area (TPSA) is 65.2 Å². The van der Waals surface area contributed by atoms with E-state index in [4.69, 9.17) is 22.1 Å². The van der Waals surface area contributed by atoms with Gasteiger partial charge in [-0.15, -0.1) is 0 Å². The highest BCUT2D eigenvalue weighted by Gasteiger charge is 2.34. The third kappa shape index (κ3) is 3.45. The quantitative estimate of drug-likeness (QED) is 0.869. The summed E-state index contributed by atoms with van der Waals surface area (Å²) in [7, 11) is 0. The largest absolute Gasteiger partial charge is 0.438 e. The van der Waals surface area contributed by atoms with Gasteiger partial charge in [0.25, 0.3) is 0 Å². The molecule has 2 N–H and O–H groups in total. The molecule has 0 fully saturated rings. The number of rotatable bonds is 3. The Morgan fingerprint density at radius 3 is 2.50 bits per heavy atom. The molecule has 0 aliphatic carbocycles. The molecular weight excluding hydrogens is 328 g/mol. The van der Waals surface area contributed by atoms with Gasteiger partial charge >= 0.3 is 6.18 Å². The molecule has 0 spiro atoms. The molecule has 0 aliphatic rings. The number of aromatic nitrogens is 1. The molecule has 2 aromatic rings. The van der Waals surface area contributed by atoms with E-state index in [0.29, 0.717) is 12.1 Å². The SMILES string of the molecule is NC(=O)c1cnc(Oc2ccc(F)c(C(F)(F)F)c2)c(Cl)c1. The molecule has 0 saturated carbocycles. The molecule has 1 aromatic carbocycles. The van der Waals surface area contributed by atoms with Crippen LogP contribution in [0.2, 0.25) is 5.02 Å². The monoisotopic (exact) mass is 334 g/mol. The van der Waals surface area contributed by atoms with E-state index in [0.717, 1.165) is 18.3 Å². The lowest BCUT2D eigenvalue weighted by Crippen LogP contribution is -2.11. The summed E-state index contributed by atoms with van der Waals surface area (Å²) < 4.78 is 56.0. The maximum Gasteiger partial charge on any atom is 0.419 e. The van der Waals surface area contributed by atoms with Crippen LogP contribution < -0.4 is 10.5 Å². The van der Waals surface area contributed by atoms with Gasteiger partial charge in [-0.3, -0.25) is 4.79 Å². The van der Waals surface area contributed by atoms with Gasteiger partial charge in [0.1, 0.15) is 16.6 Å². The van der Waals surface area contributed by atoms with Gasteiger partial charge in [-0.1, -0.05) is 11.6 Å². The maximum absolute atomic E-state index is 13.2. The van der Waals surface area contributed by atoms with E-state index in [2.05, 4.69) is 4.98 Å². The molecule has 2 rings (SSSR count). The zero-order chi connectivity index (χ0) is 16.5. The zero-order valence-corrected chi connectivity index (χ0v) is 11.4. The van der Waals surface area contributed by atoms with Crippen molar-refractivity contribution >= 4 is 17.5 Å². The van der Waals surface area contributed by atoms with Gasteiger partial charge in [-0.2, -0.15) is 13.2 Å². The van der Waals surface area contributed by atoms with E-state index in [9.17, 15) is 22.4 Å². The van der Waals surface area contributed by atoms with Crippen molar-refractivity contribution in [2.45, 2.75) is 6.18 Å². The van der Waals surface area contributed by atoms with Gasteiger partial charge < -0.3 is 10.5 Å². The van der Waals surface area contributed by atoms with E-state index in [-0.39, 0.29) is 22.2 Å². The Kier molecular flexibility index (Phi) is 4.23. The van der Waals surface area contributed by atoms with Crippen LogP contribution in [-0.2, 0) is 6.18 Å². The molecule has 1 aromatic heterocycles. The summed E-state index contributed by atoms with van der Waals surface area (Å²) >= 11 is 5.79. The number of halogens is 5. The average molecular weight is 335 g/mol. The first kappa shape index (κ1) is 16.0. The Bertz CT molecular complexity index is 734. The minimum atomic E-state index is -4.86. The fourth-order valence-corrected chi connectivity index (χ4v) is 1.74. The summed E-state index contributed by atoms with van der Waals surface area (Å²) in [5, 5.41) is -0.130. The molecule has 0 bridgehead atoms. The molecule has 116 valence electrons. The third-order valence-electron chi connectivity index (χ3n) is 2.55. The summed E-state index contributed by atoms with van der Waals surface area (Å²) in [6.45, 7) is 0. The minimum Gasteiger partial charge on any atom is -0.438 e. The number of nitrogens with two attached hydrogens (primary N) is 1. The van der Waals surface area contributed by atoms with Crippen LogP contribution in [0, 0.1) is 5.82 Å². The van der Waals surface area contributed by atoms with Crippen molar-refractivity contribution in [2.75, 3.05) is 0 Å². The van der Waals surface area contributed by atoms with Gasteiger partial charge in [-0.05, 0) is 24.3 Å². The number of nitrogens with zero attached hydrogens (tertiary/aromatic N) is 1. The average Bonchev–Trinajstić information content (AvgIpc) is 2.41. The second-order valence-corrected chi connectivity index (χ2v) is 4.52. The molecule has 1 amide bonds. The predicted molar refractivity (Wildman–Crippen MR) is 69.2 cm³/mol. The number of ether oxygens (including phenoxy) is 1. The first-order chi connectivity index (χ1) is 10.2. The van der Waals surface area contributed by atoms with Crippen molar-refractivity contribution in [3.63, 3.8) is 0 Å². The van der Waals surface area contributed by atoms with E-state index in [1.54, 1.807) is 0 Å². The normalized spacial score (nSPS) is 11.3. The van der Waals surface area contributed by atoms with Crippen molar-refractivity contribution < 1.29 is 27.1 Å². The minimum absolute atomic E-state index is 0.00689. The Labute approximate surface area is 126 Å². The number of hydrogen-bond donors (Lipinski definition) is 1. The number of amides is 1. The molecule has 0 unspecified atom stereocenters. The molecular formula is C13H7ClF4N2O2. The van der Waals surface area contributed by atoms with Crippen LogP contribution in [0.5, 0.6) is 11.6 Å². The molecule has 9 heteroatoms. The number of primary amides is 1. The number of pyridine rings is 1. The lowest BCUT2D eigenvalue weighted by Gasteiger charge is -2.11. The highest BCUT2D eigenvalue weighted by molar-refractivity contribution is 6.32. The molecule has 0 atom stereocenters. The first-order valence-corrected chi connectivity index (χ1v) is 6.06. The summed E-state index contributed by atoms with van der Waals surface area (Å²) in [6.07, 6.45) is -3.81. The second kappa shape index (κ2) is 5.80. The molecule has 4 nitrogen and oxygen atoms in total. The van der Waals surface area contributed by atoms with Gasteiger partial charge in [0.15, 0.2) is 0 Å². The van der Waals surface area contributed by atoms with Crippen molar-refractivity contribution in [1.82, 2.24) is 4.98 Å². The Morgan fingerprint density at radius 2 is 1.95 bits per heavy atom. The number of alkyl halides is 3. The molecule has 1 heterocycles. The van der Waals surface area contributed by atoms with E-state index >= 15 is 0 Å². The fourth-order valence-electron chi connectivity index (χ4n) is 1.53. The van der Waals surface area contributed by atoms with Gasteiger partial charge in [0.05, 0.1) is 11.1 Å². The van der Waals surface area contributed by atoms with Crippen molar-refractivity contribution in [1.29, 1.82) is 0 Å². The zero-order valence-electron chi connectivity index (χ0n) is 10.6. The second-order valence-electron chi connectivity index (χ2n) is 4.12. The van der Waals surface area contributed by atoms with Crippen LogP contribution >= 0.6 is 11.6 Å². The van der Waals surface area contributed by atoms with Crippen molar-refractivity contribution in [2.24, 2.45) is 5.73 Å². The van der Waals surface area contributed by atoms with Crippen molar-refractivity contribution in [3.8, 4) is 11.6 Å². The Balaban J connectivity index is 2.34. The standard InChI is InChI=1S/C13H7ClF4N2O2/c14-9-3-6(11(19)21)5-20-12(9)22-7-1-2-10(15)8(4-7)13(16,17)18/h1-5H,(H2,19,21). The summed E-state index contributed by atoms with van der Waals surface area (Å²) in [4.78, 5) is 14.6. The van der Waals surface area contributed by atoms with E-state index in [1.807, 2.05) is 0 Å². The number of carbonyl (C=O) groups excluding carboxylic acids is 1. The summed E-state index contributed by atoms with van der Waals surface area (Å²) in [6, 6.07) is 3.24. The lowest BCUT2D eigenvalue weighted by atomic mass is 10.2. The smallest absolute Gasteiger partial charge is 0.419 e. The highest BCUT2D eigenvalue weighted by atomic mass is 35.5. The van der Waals surface area contributed by atoms with Crippen LogP contribution in [0.15, 0.2) is 30.5 Å². The Morgan fingerprint density at radius 1 is 1.27 bits per heavy atom. The van der Waals surface area contributed by atoms with Crippen LogP contribution in [0.4, 0.5) is 17.6 Å². The molecule has 22 heavy (non-hydrogen) atoms. The predicted octanol–water partition coefficient (Wildman–Crippen LogP) is 3.78. The number of carbonyl (C=O) groups is 1. The highest BCUT2D eigenvalue weighted by Crippen LogP contribution is 2.35. The van der Waals surface area contributed by atoms with Crippen LogP contribution in [0.3, 0.4) is 0 Å². The first-order valence-electron chi connectivity index (χ1n) is 5.68. The lowest BCUT2D eigenvalue weighted by molar-refractivity contribution is -0.140. The van der Waals surface area contributed by atoms with Crippen LogP contribution in [0.1, 0.15) is 15.9 Å². The van der Waals surface area contributed by atoms with Crippen LogP contribution in [0.25, 0.3) is 0 Å². The number of hydrogen-bond acceptors (Lipinski definition) is 3. The van der Waals surface area contributed by atoms with Gasteiger partial charge in [0, 0.05) is 6.20 Å². The maximum atomic E-state index is 13.2. The third-order valence-corrected chi connectivity index (χ3v) is 2.82. The van der Waals surface area contributed by atoms with E-state index < -0.39 is 23.5 Å². The van der Waals surface area contributed by atoms with E-state index in [1.165, 1.54) is 0 Å². The number of benzene rings is 1. The summed E-state index contributed by atoms with van der Waals surface area (Å²) in [5.74, 6) is -2.76. The van der Waals surface area contributed by atoms with Crippen LogP contribution in [-0.4, -0.2) is 10.9 Å². The molecule has 0 saturated heterocycles. The Hall–Kier alpha value is -2.35. The molecule has 0 radical (unpaired) electrons. The molecule has 0 aliphatic heterocycles. The summed E-state index contributed by atoms with van der Waals surface area (Å²) in [5.41, 5.74) is 3.55. The van der Waals surface area contributed by atoms with Crippen molar-refractivity contribution in [3.05, 3.63) is 52.4 Å².